The molecule has 0 spiro atoms. The third-order valence-corrected chi connectivity index (χ3v) is 2.34. The molecule has 1 atom stereocenters. The van der Waals surface area contributed by atoms with E-state index in [0.29, 0.717) is 11.1 Å². The standard InChI is InChI=1S/C7H12N2OS/c1-4-11-5(2)7-8-6(3)9-10-7/h5H,4H2,1-3H3. The van der Waals surface area contributed by atoms with E-state index in [1.54, 1.807) is 11.8 Å². The van der Waals surface area contributed by atoms with Crippen molar-refractivity contribution in [2.75, 3.05) is 5.75 Å². The molecule has 0 aliphatic heterocycles. The maximum absolute atomic E-state index is 5.00. The SMILES string of the molecule is CCSC(C)c1nc(C)no1. The van der Waals surface area contributed by atoms with E-state index in [9.17, 15) is 0 Å². The average molecular weight is 172 g/mol. The highest BCUT2D eigenvalue weighted by Gasteiger charge is 2.11. The Balaban J connectivity index is 2.60. The number of rotatable bonds is 3. The van der Waals surface area contributed by atoms with Gasteiger partial charge in [-0.3, -0.25) is 0 Å². The van der Waals surface area contributed by atoms with Gasteiger partial charge < -0.3 is 4.52 Å². The smallest absolute Gasteiger partial charge is 0.239 e. The van der Waals surface area contributed by atoms with Crippen LogP contribution in [-0.2, 0) is 0 Å². The molecule has 62 valence electrons. The fourth-order valence-electron chi connectivity index (χ4n) is 0.800. The van der Waals surface area contributed by atoms with Gasteiger partial charge in [-0.1, -0.05) is 12.1 Å². The van der Waals surface area contributed by atoms with Crippen molar-refractivity contribution >= 4 is 11.8 Å². The van der Waals surface area contributed by atoms with E-state index in [0.717, 1.165) is 11.6 Å². The second kappa shape index (κ2) is 3.76. The van der Waals surface area contributed by atoms with Crippen LogP contribution in [0.5, 0.6) is 0 Å². The minimum absolute atomic E-state index is 0.321. The second-order valence-electron chi connectivity index (χ2n) is 2.28. The van der Waals surface area contributed by atoms with Crippen LogP contribution in [0.25, 0.3) is 0 Å². The summed E-state index contributed by atoms with van der Waals surface area (Å²) in [5.74, 6) is 2.51. The number of hydrogen-bond donors (Lipinski definition) is 0. The molecule has 0 N–H and O–H groups in total. The molecule has 0 saturated heterocycles. The molecular weight excluding hydrogens is 160 g/mol. The van der Waals surface area contributed by atoms with Crippen molar-refractivity contribution in [3.8, 4) is 0 Å². The predicted octanol–water partition coefficient (Wildman–Crippen LogP) is 2.19. The van der Waals surface area contributed by atoms with Crippen LogP contribution in [0.4, 0.5) is 0 Å². The number of hydrogen-bond acceptors (Lipinski definition) is 4. The Labute approximate surface area is 70.6 Å². The number of thioether (sulfide) groups is 1. The molecule has 0 aromatic carbocycles. The van der Waals surface area contributed by atoms with Crippen molar-refractivity contribution in [1.29, 1.82) is 0 Å². The molecule has 0 bridgehead atoms. The van der Waals surface area contributed by atoms with E-state index in [2.05, 4.69) is 24.0 Å². The first-order valence-corrected chi connectivity index (χ1v) is 4.70. The van der Waals surface area contributed by atoms with E-state index < -0.39 is 0 Å². The summed E-state index contributed by atoms with van der Waals surface area (Å²) in [6.45, 7) is 6.02. The molecule has 11 heavy (non-hydrogen) atoms. The van der Waals surface area contributed by atoms with Crippen LogP contribution in [-0.4, -0.2) is 15.9 Å². The highest BCUT2D eigenvalue weighted by molar-refractivity contribution is 7.99. The van der Waals surface area contributed by atoms with Crippen molar-refractivity contribution in [3.05, 3.63) is 11.7 Å². The largest absolute Gasteiger partial charge is 0.338 e. The normalized spacial score (nSPS) is 13.4. The summed E-state index contributed by atoms with van der Waals surface area (Å²) in [6.07, 6.45) is 0. The molecule has 3 nitrogen and oxygen atoms in total. The van der Waals surface area contributed by atoms with Crippen molar-refractivity contribution in [2.45, 2.75) is 26.0 Å². The molecule has 0 radical (unpaired) electrons. The van der Waals surface area contributed by atoms with Crippen molar-refractivity contribution < 1.29 is 4.52 Å². The number of nitrogens with zero attached hydrogens (tertiary/aromatic N) is 2. The van der Waals surface area contributed by atoms with E-state index in [1.165, 1.54) is 0 Å². The average Bonchev–Trinajstić information content (AvgIpc) is 2.36. The molecule has 0 amide bonds. The van der Waals surface area contributed by atoms with Gasteiger partial charge >= 0.3 is 0 Å². The zero-order valence-electron chi connectivity index (χ0n) is 7.00. The highest BCUT2D eigenvalue weighted by Crippen LogP contribution is 2.25. The van der Waals surface area contributed by atoms with Gasteiger partial charge in [-0.2, -0.15) is 4.98 Å². The topological polar surface area (TPSA) is 38.9 Å². The zero-order valence-corrected chi connectivity index (χ0v) is 7.81. The van der Waals surface area contributed by atoms with Gasteiger partial charge in [0.15, 0.2) is 5.82 Å². The van der Waals surface area contributed by atoms with Crippen LogP contribution in [0.15, 0.2) is 4.52 Å². The van der Waals surface area contributed by atoms with Crippen LogP contribution in [0, 0.1) is 6.92 Å². The lowest BCUT2D eigenvalue weighted by Gasteiger charge is -2.01. The Bertz CT molecular complexity index is 224. The summed E-state index contributed by atoms with van der Waals surface area (Å²) >= 11 is 1.80. The summed E-state index contributed by atoms with van der Waals surface area (Å²) in [6, 6.07) is 0. The van der Waals surface area contributed by atoms with Gasteiger partial charge in [0.1, 0.15) is 0 Å². The molecule has 1 heterocycles. The fraction of sp³-hybridized carbons (Fsp3) is 0.714. The van der Waals surface area contributed by atoms with E-state index in [4.69, 9.17) is 4.52 Å². The fourth-order valence-corrected chi connectivity index (χ4v) is 1.54. The lowest BCUT2D eigenvalue weighted by atomic mass is 10.5. The van der Waals surface area contributed by atoms with Crippen molar-refractivity contribution in [1.82, 2.24) is 10.1 Å². The van der Waals surface area contributed by atoms with E-state index >= 15 is 0 Å². The lowest BCUT2D eigenvalue weighted by molar-refractivity contribution is 0.376. The molecule has 1 aromatic rings. The minimum atomic E-state index is 0.321. The molecule has 1 unspecified atom stereocenters. The van der Waals surface area contributed by atoms with E-state index in [-0.39, 0.29) is 0 Å². The van der Waals surface area contributed by atoms with Gasteiger partial charge in [-0.25, -0.2) is 0 Å². The Morgan fingerprint density at radius 1 is 1.64 bits per heavy atom. The first kappa shape index (κ1) is 8.59. The maximum atomic E-state index is 5.00. The Morgan fingerprint density at radius 3 is 2.82 bits per heavy atom. The van der Waals surface area contributed by atoms with Gasteiger partial charge in [0.25, 0.3) is 0 Å². The third kappa shape index (κ3) is 2.22. The Hall–Kier alpha value is -0.510. The second-order valence-corrected chi connectivity index (χ2v) is 3.90. The van der Waals surface area contributed by atoms with Crippen molar-refractivity contribution in [2.24, 2.45) is 0 Å². The van der Waals surface area contributed by atoms with Crippen LogP contribution >= 0.6 is 11.8 Å². The maximum Gasteiger partial charge on any atom is 0.239 e. The predicted molar refractivity (Wildman–Crippen MR) is 45.6 cm³/mol. The molecular formula is C7H12N2OS. The summed E-state index contributed by atoms with van der Waals surface area (Å²) in [7, 11) is 0. The quantitative estimate of drug-likeness (QED) is 0.700. The van der Waals surface area contributed by atoms with Crippen LogP contribution in [0.1, 0.15) is 30.8 Å². The van der Waals surface area contributed by atoms with Crippen LogP contribution in [0.2, 0.25) is 0 Å². The van der Waals surface area contributed by atoms with E-state index in [1.807, 2.05) is 6.92 Å². The van der Waals surface area contributed by atoms with Gasteiger partial charge in [-0.05, 0) is 19.6 Å². The summed E-state index contributed by atoms with van der Waals surface area (Å²) < 4.78 is 5.00. The van der Waals surface area contributed by atoms with Gasteiger partial charge in [0, 0.05) is 0 Å². The summed E-state index contributed by atoms with van der Waals surface area (Å²) in [5.41, 5.74) is 0. The molecule has 0 aliphatic carbocycles. The molecule has 0 aliphatic rings. The molecule has 0 fully saturated rings. The first-order chi connectivity index (χ1) is 5.24. The molecule has 1 aromatic heterocycles. The Morgan fingerprint density at radius 2 is 2.36 bits per heavy atom. The molecule has 0 saturated carbocycles. The van der Waals surface area contributed by atoms with Crippen molar-refractivity contribution in [3.63, 3.8) is 0 Å². The third-order valence-electron chi connectivity index (χ3n) is 1.31. The lowest BCUT2D eigenvalue weighted by Crippen LogP contribution is -1.88. The number of aromatic nitrogens is 2. The number of aryl methyl sites for hydroxylation is 1. The monoisotopic (exact) mass is 172 g/mol. The highest BCUT2D eigenvalue weighted by atomic mass is 32.2. The van der Waals surface area contributed by atoms with Crippen LogP contribution in [0.3, 0.4) is 0 Å². The van der Waals surface area contributed by atoms with Crippen LogP contribution < -0.4 is 0 Å². The van der Waals surface area contributed by atoms with Gasteiger partial charge in [0.05, 0.1) is 5.25 Å². The minimum Gasteiger partial charge on any atom is -0.338 e. The van der Waals surface area contributed by atoms with Gasteiger partial charge in [-0.15, -0.1) is 11.8 Å². The summed E-state index contributed by atoms with van der Waals surface area (Å²) in [4.78, 5) is 4.13. The first-order valence-electron chi connectivity index (χ1n) is 3.66. The molecule has 4 heteroatoms. The molecule has 1 rings (SSSR count). The summed E-state index contributed by atoms with van der Waals surface area (Å²) in [5, 5.41) is 4.04. The Kier molecular flexibility index (Phi) is 2.93. The zero-order chi connectivity index (χ0) is 8.27. The van der Waals surface area contributed by atoms with Gasteiger partial charge in [0.2, 0.25) is 5.89 Å².